The molecule has 2 N–H and O–H groups in total. The number of hydrogen-bond donors (Lipinski definition) is 2. The van der Waals surface area contributed by atoms with Crippen molar-refractivity contribution in [3.8, 4) is 0 Å². The Kier molecular flexibility index (Phi) is 4.88. The van der Waals surface area contributed by atoms with Crippen molar-refractivity contribution < 1.29 is 5.11 Å². The molecule has 0 saturated carbocycles. The maximum Gasteiger partial charge on any atom is 0.0940 e. The SMILES string of the molecule is Cc1ccc(C(O)C(C)NCc2cccnc2)cc1C. The first-order chi connectivity index (χ1) is 9.58. The Morgan fingerprint density at radius 3 is 2.65 bits per heavy atom. The Morgan fingerprint density at radius 1 is 1.20 bits per heavy atom. The van der Waals surface area contributed by atoms with Gasteiger partial charge in [-0.05, 0) is 49.1 Å². The first-order valence-electron chi connectivity index (χ1n) is 6.95. The molecule has 0 aliphatic rings. The van der Waals surface area contributed by atoms with Crippen molar-refractivity contribution in [2.75, 3.05) is 0 Å². The Morgan fingerprint density at radius 2 is 2.00 bits per heavy atom. The molecule has 2 unspecified atom stereocenters. The van der Waals surface area contributed by atoms with Crippen LogP contribution in [0.3, 0.4) is 0 Å². The standard InChI is InChI=1S/C17H22N2O/c1-12-6-7-16(9-13(12)2)17(20)14(3)19-11-15-5-4-8-18-10-15/h4-10,14,17,19-20H,11H2,1-3H3. The smallest absolute Gasteiger partial charge is 0.0940 e. The van der Waals surface area contributed by atoms with Crippen LogP contribution in [0.2, 0.25) is 0 Å². The summed E-state index contributed by atoms with van der Waals surface area (Å²) in [6.07, 6.45) is 3.09. The van der Waals surface area contributed by atoms with Crippen LogP contribution in [0.15, 0.2) is 42.7 Å². The molecule has 106 valence electrons. The van der Waals surface area contributed by atoms with Crippen molar-refractivity contribution in [1.29, 1.82) is 0 Å². The van der Waals surface area contributed by atoms with Crippen LogP contribution in [0.4, 0.5) is 0 Å². The fourth-order valence-electron chi connectivity index (χ4n) is 2.13. The van der Waals surface area contributed by atoms with E-state index in [4.69, 9.17) is 0 Å². The van der Waals surface area contributed by atoms with Gasteiger partial charge in [-0.2, -0.15) is 0 Å². The first kappa shape index (κ1) is 14.7. The molecule has 0 saturated heterocycles. The van der Waals surface area contributed by atoms with Crippen molar-refractivity contribution in [3.63, 3.8) is 0 Å². The summed E-state index contributed by atoms with van der Waals surface area (Å²) < 4.78 is 0. The zero-order valence-electron chi connectivity index (χ0n) is 12.3. The predicted molar refractivity (Wildman–Crippen MR) is 81.4 cm³/mol. The Labute approximate surface area is 120 Å². The van der Waals surface area contributed by atoms with E-state index in [1.165, 1.54) is 11.1 Å². The summed E-state index contributed by atoms with van der Waals surface area (Å²) in [5.74, 6) is 0. The summed E-state index contributed by atoms with van der Waals surface area (Å²) in [4.78, 5) is 4.08. The summed E-state index contributed by atoms with van der Waals surface area (Å²) >= 11 is 0. The van der Waals surface area contributed by atoms with Gasteiger partial charge in [-0.3, -0.25) is 4.98 Å². The quantitative estimate of drug-likeness (QED) is 0.878. The lowest BCUT2D eigenvalue weighted by Gasteiger charge is -2.21. The average molecular weight is 270 g/mol. The molecule has 0 amide bonds. The fraction of sp³-hybridized carbons (Fsp3) is 0.353. The lowest BCUT2D eigenvalue weighted by atomic mass is 9.99. The molecule has 2 atom stereocenters. The molecular formula is C17H22N2O. The van der Waals surface area contributed by atoms with Crippen molar-refractivity contribution in [1.82, 2.24) is 10.3 Å². The molecule has 2 rings (SSSR count). The molecule has 0 aliphatic heterocycles. The normalized spacial score (nSPS) is 14.0. The number of nitrogens with one attached hydrogen (secondary N) is 1. The van der Waals surface area contributed by atoms with E-state index in [1.54, 1.807) is 6.20 Å². The average Bonchev–Trinajstić information content (AvgIpc) is 2.48. The Bertz CT molecular complexity index is 554. The van der Waals surface area contributed by atoms with Gasteiger partial charge in [0.25, 0.3) is 0 Å². The third-order valence-corrected chi connectivity index (χ3v) is 3.70. The van der Waals surface area contributed by atoms with E-state index in [9.17, 15) is 5.11 Å². The molecule has 2 aromatic rings. The van der Waals surface area contributed by atoms with Gasteiger partial charge in [-0.1, -0.05) is 24.3 Å². The second-order valence-corrected chi connectivity index (χ2v) is 5.32. The van der Waals surface area contributed by atoms with Crippen LogP contribution in [0.25, 0.3) is 0 Å². The highest BCUT2D eigenvalue weighted by atomic mass is 16.3. The number of aryl methyl sites for hydroxylation is 2. The second-order valence-electron chi connectivity index (χ2n) is 5.32. The highest BCUT2D eigenvalue weighted by Gasteiger charge is 2.16. The van der Waals surface area contributed by atoms with Gasteiger partial charge in [0.15, 0.2) is 0 Å². The molecule has 0 spiro atoms. The highest BCUT2D eigenvalue weighted by molar-refractivity contribution is 5.31. The van der Waals surface area contributed by atoms with Crippen LogP contribution < -0.4 is 5.32 Å². The van der Waals surface area contributed by atoms with Crippen LogP contribution in [-0.4, -0.2) is 16.1 Å². The minimum atomic E-state index is -0.508. The van der Waals surface area contributed by atoms with E-state index in [0.29, 0.717) is 6.54 Å². The number of aromatic nitrogens is 1. The second kappa shape index (κ2) is 6.64. The fourth-order valence-corrected chi connectivity index (χ4v) is 2.13. The number of pyridine rings is 1. The molecular weight excluding hydrogens is 248 g/mol. The molecule has 1 heterocycles. The lowest BCUT2D eigenvalue weighted by Crippen LogP contribution is -2.31. The van der Waals surface area contributed by atoms with Gasteiger partial charge in [-0.25, -0.2) is 0 Å². The monoisotopic (exact) mass is 270 g/mol. The third kappa shape index (κ3) is 3.65. The maximum atomic E-state index is 10.4. The van der Waals surface area contributed by atoms with Gasteiger partial charge in [-0.15, -0.1) is 0 Å². The molecule has 0 bridgehead atoms. The van der Waals surface area contributed by atoms with Crippen molar-refractivity contribution in [2.45, 2.75) is 39.5 Å². The maximum absolute atomic E-state index is 10.4. The van der Waals surface area contributed by atoms with Crippen molar-refractivity contribution >= 4 is 0 Å². The van der Waals surface area contributed by atoms with E-state index in [0.717, 1.165) is 11.1 Å². The zero-order chi connectivity index (χ0) is 14.5. The summed E-state index contributed by atoms with van der Waals surface area (Å²) in [7, 11) is 0. The van der Waals surface area contributed by atoms with Gasteiger partial charge >= 0.3 is 0 Å². The van der Waals surface area contributed by atoms with Crippen LogP contribution in [0.1, 0.15) is 35.3 Å². The third-order valence-electron chi connectivity index (χ3n) is 3.70. The highest BCUT2D eigenvalue weighted by Crippen LogP contribution is 2.20. The molecule has 0 aliphatic carbocycles. The number of aliphatic hydroxyl groups is 1. The van der Waals surface area contributed by atoms with Gasteiger partial charge in [0.2, 0.25) is 0 Å². The van der Waals surface area contributed by atoms with Crippen LogP contribution >= 0.6 is 0 Å². The number of hydrogen-bond acceptors (Lipinski definition) is 3. The topological polar surface area (TPSA) is 45.1 Å². The zero-order valence-corrected chi connectivity index (χ0v) is 12.3. The number of aliphatic hydroxyl groups excluding tert-OH is 1. The Balaban J connectivity index is 1.97. The largest absolute Gasteiger partial charge is 0.387 e. The van der Waals surface area contributed by atoms with E-state index >= 15 is 0 Å². The van der Waals surface area contributed by atoms with Crippen molar-refractivity contribution in [2.24, 2.45) is 0 Å². The summed E-state index contributed by atoms with van der Waals surface area (Å²) in [5, 5.41) is 13.7. The minimum Gasteiger partial charge on any atom is -0.387 e. The van der Waals surface area contributed by atoms with E-state index < -0.39 is 6.10 Å². The molecule has 0 radical (unpaired) electrons. The minimum absolute atomic E-state index is 0.0164. The molecule has 20 heavy (non-hydrogen) atoms. The number of nitrogens with zero attached hydrogens (tertiary/aromatic N) is 1. The predicted octanol–water partition coefficient (Wildman–Crippen LogP) is 2.91. The summed E-state index contributed by atoms with van der Waals surface area (Å²) in [6, 6.07) is 10.0. The van der Waals surface area contributed by atoms with Gasteiger partial charge in [0.05, 0.1) is 6.10 Å². The van der Waals surface area contributed by atoms with Crippen molar-refractivity contribution in [3.05, 3.63) is 65.0 Å². The van der Waals surface area contributed by atoms with Gasteiger partial charge in [0, 0.05) is 25.0 Å². The summed E-state index contributed by atoms with van der Waals surface area (Å²) in [6.45, 7) is 6.85. The van der Waals surface area contributed by atoms with Crippen LogP contribution in [0, 0.1) is 13.8 Å². The van der Waals surface area contributed by atoms with E-state index in [1.807, 2.05) is 31.3 Å². The number of rotatable bonds is 5. The molecule has 3 nitrogen and oxygen atoms in total. The van der Waals surface area contributed by atoms with Gasteiger partial charge < -0.3 is 10.4 Å². The summed E-state index contributed by atoms with van der Waals surface area (Å²) in [5.41, 5.74) is 4.53. The van der Waals surface area contributed by atoms with Crippen LogP contribution in [0.5, 0.6) is 0 Å². The van der Waals surface area contributed by atoms with Gasteiger partial charge in [0.1, 0.15) is 0 Å². The molecule has 0 fully saturated rings. The molecule has 1 aromatic carbocycles. The molecule has 1 aromatic heterocycles. The van der Waals surface area contributed by atoms with E-state index in [2.05, 4.69) is 36.3 Å². The van der Waals surface area contributed by atoms with E-state index in [-0.39, 0.29) is 6.04 Å². The number of benzene rings is 1. The first-order valence-corrected chi connectivity index (χ1v) is 6.95. The lowest BCUT2D eigenvalue weighted by molar-refractivity contribution is 0.135. The Hall–Kier alpha value is -1.71. The molecule has 3 heteroatoms. The van der Waals surface area contributed by atoms with Crippen LogP contribution in [-0.2, 0) is 6.54 Å².